The monoisotopic (exact) mass is 243 g/mol. The van der Waals surface area contributed by atoms with E-state index in [1.165, 1.54) is 0 Å². The summed E-state index contributed by atoms with van der Waals surface area (Å²) >= 11 is 1.79. The normalized spacial score (nSPS) is 40.1. The lowest BCUT2D eigenvalue weighted by Gasteiger charge is -2.38. The Kier molecular flexibility index (Phi) is 3.50. The third-order valence-electron chi connectivity index (χ3n) is 3.82. The molecule has 16 heavy (non-hydrogen) atoms. The van der Waals surface area contributed by atoms with E-state index < -0.39 is 0 Å². The van der Waals surface area contributed by atoms with Gasteiger partial charge in [-0.3, -0.25) is 4.79 Å². The van der Waals surface area contributed by atoms with Crippen molar-refractivity contribution in [1.29, 1.82) is 0 Å². The van der Waals surface area contributed by atoms with Crippen LogP contribution in [0.2, 0.25) is 0 Å². The molecule has 0 aromatic rings. The summed E-state index contributed by atoms with van der Waals surface area (Å²) in [4.78, 5) is 14.4. The van der Waals surface area contributed by atoms with Crippen LogP contribution in [0.4, 0.5) is 0 Å². The van der Waals surface area contributed by atoms with E-state index in [0.717, 1.165) is 38.1 Å². The Morgan fingerprint density at radius 2 is 2.31 bits per heavy atom. The molecule has 2 heterocycles. The number of aliphatic hydroxyl groups is 1. The minimum atomic E-state index is -0.229. The van der Waals surface area contributed by atoms with Gasteiger partial charge in [0.1, 0.15) is 0 Å². The Balaban J connectivity index is 2.00. The lowest BCUT2D eigenvalue weighted by Crippen LogP contribution is -2.51. The van der Waals surface area contributed by atoms with Crippen LogP contribution in [-0.4, -0.2) is 45.6 Å². The highest BCUT2D eigenvalue weighted by Crippen LogP contribution is 2.39. The molecular formula is C12H21NO2S. The average Bonchev–Trinajstić information content (AvgIpc) is 2.70. The van der Waals surface area contributed by atoms with Crippen LogP contribution >= 0.6 is 11.8 Å². The van der Waals surface area contributed by atoms with Crippen molar-refractivity contribution in [3.8, 4) is 0 Å². The molecule has 2 aliphatic rings. The number of carbonyl (C=O) groups is 1. The number of carbonyl (C=O) groups excluding carboxylic acids is 1. The van der Waals surface area contributed by atoms with Crippen molar-refractivity contribution in [3.63, 3.8) is 0 Å². The van der Waals surface area contributed by atoms with Gasteiger partial charge in [-0.05, 0) is 37.9 Å². The van der Waals surface area contributed by atoms with E-state index in [1.807, 2.05) is 11.8 Å². The van der Waals surface area contributed by atoms with E-state index in [0.29, 0.717) is 0 Å². The standard InChI is InChI=1S/C12H21NO2S/c1-9-8-13(6-4-10(9)14)11(15)12(2)5-3-7-16-12/h9-10,14H,3-8H2,1-2H3. The predicted molar refractivity (Wildman–Crippen MR) is 66.5 cm³/mol. The summed E-state index contributed by atoms with van der Waals surface area (Å²) < 4.78 is -0.192. The van der Waals surface area contributed by atoms with Gasteiger partial charge in [0.25, 0.3) is 0 Å². The molecule has 0 saturated carbocycles. The first-order valence-electron chi connectivity index (χ1n) is 6.14. The second kappa shape index (κ2) is 4.57. The number of hydrogen-bond acceptors (Lipinski definition) is 3. The topological polar surface area (TPSA) is 40.5 Å². The Morgan fingerprint density at radius 3 is 2.88 bits per heavy atom. The summed E-state index contributed by atoms with van der Waals surface area (Å²) in [6.07, 6.45) is 2.66. The molecule has 2 aliphatic heterocycles. The number of thioether (sulfide) groups is 1. The smallest absolute Gasteiger partial charge is 0.238 e. The zero-order chi connectivity index (χ0) is 11.8. The number of likely N-dealkylation sites (tertiary alicyclic amines) is 1. The molecule has 0 radical (unpaired) electrons. The minimum Gasteiger partial charge on any atom is -0.393 e. The number of nitrogens with zero attached hydrogens (tertiary/aromatic N) is 1. The molecule has 2 rings (SSSR count). The van der Waals surface area contributed by atoms with E-state index in [-0.39, 0.29) is 22.7 Å². The Morgan fingerprint density at radius 1 is 1.56 bits per heavy atom. The van der Waals surface area contributed by atoms with Gasteiger partial charge in [-0.15, -0.1) is 11.8 Å². The van der Waals surface area contributed by atoms with Gasteiger partial charge < -0.3 is 10.0 Å². The van der Waals surface area contributed by atoms with E-state index in [9.17, 15) is 9.90 Å². The molecule has 0 aliphatic carbocycles. The summed E-state index contributed by atoms with van der Waals surface area (Å²) in [5.41, 5.74) is 0. The molecule has 0 bridgehead atoms. The first-order chi connectivity index (χ1) is 7.53. The molecule has 0 spiro atoms. The number of piperidine rings is 1. The largest absolute Gasteiger partial charge is 0.393 e. The maximum absolute atomic E-state index is 12.4. The summed E-state index contributed by atoms with van der Waals surface area (Å²) in [6, 6.07) is 0. The zero-order valence-corrected chi connectivity index (χ0v) is 10.9. The van der Waals surface area contributed by atoms with Crippen LogP contribution in [-0.2, 0) is 4.79 Å². The van der Waals surface area contributed by atoms with Crippen molar-refractivity contribution >= 4 is 17.7 Å². The van der Waals surface area contributed by atoms with Gasteiger partial charge in [0.05, 0.1) is 10.9 Å². The number of aliphatic hydroxyl groups excluding tert-OH is 1. The van der Waals surface area contributed by atoms with Crippen LogP contribution < -0.4 is 0 Å². The summed E-state index contributed by atoms with van der Waals surface area (Å²) in [6.45, 7) is 5.54. The first kappa shape index (κ1) is 12.2. The molecule has 1 N–H and O–H groups in total. The van der Waals surface area contributed by atoms with Crippen molar-refractivity contribution in [3.05, 3.63) is 0 Å². The average molecular weight is 243 g/mol. The summed E-state index contributed by atoms with van der Waals surface area (Å²) in [7, 11) is 0. The third-order valence-corrected chi connectivity index (χ3v) is 5.33. The maximum atomic E-state index is 12.4. The highest BCUT2D eigenvalue weighted by atomic mass is 32.2. The molecule has 2 fully saturated rings. The van der Waals surface area contributed by atoms with Gasteiger partial charge in [0.15, 0.2) is 0 Å². The Bertz CT molecular complexity index is 276. The quantitative estimate of drug-likeness (QED) is 0.759. The molecule has 1 amide bonds. The van der Waals surface area contributed by atoms with Crippen molar-refractivity contribution in [1.82, 2.24) is 4.90 Å². The van der Waals surface area contributed by atoms with Gasteiger partial charge in [-0.1, -0.05) is 6.92 Å². The SMILES string of the molecule is CC1CN(C(=O)C2(C)CCCS2)CCC1O. The zero-order valence-electron chi connectivity index (χ0n) is 10.1. The van der Waals surface area contributed by atoms with E-state index >= 15 is 0 Å². The molecule has 4 heteroatoms. The molecule has 92 valence electrons. The number of amides is 1. The Hall–Kier alpha value is -0.220. The predicted octanol–water partition coefficient (Wildman–Crippen LogP) is 1.50. The highest BCUT2D eigenvalue weighted by molar-refractivity contribution is 8.01. The van der Waals surface area contributed by atoms with Crippen LogP contribution in [0.1, 0.15) is 33.1 Å². The lowest BCUT2D eigenvalue weighted by atomic mass is 9.94. The van der Waals surface area contributed by atoms with Gasteiger partial charge in [0.2, 0.25) is 5.91 Å². The van der Waals surface area contributed by atoms with Crippen LogP contribution in [0.3, 0.4) is 0 Å². The van der Waals surface area contributed by atoms with Crippen LogP contribution in [0.15, 0.2) is 0 Å². The van der Waals surface area contributed by atoms with Gasteiger partial charge >= 0.3 is 0 Å². The number of hydrogen-bond donors (Lipinski definition) is 1. The number of rotatable bonds is 1. The van der Waals surface area contributed by atoms with Gasteiger partial charge in [0, 0.05) is 13.1 Å². The molecule has 0 aromatic carbocycles. The fourth-order valence-electron chi connectivity index (χ4n) is 2.60. The van der Waals surface area contributed by atoms with Crippen LogP contribution in [0.25, 0.3) is 0 Å². The molecule has 0 aromatic heterocycles. The second-order valence-corrected chi connectivity index (χ2v) is 6.87. The molecule has 3 unspecified atom stereocenters. The van der Waals surface area contributed by atoms with Crippen molar-refractivity contribution < 1.29 is 9.90 Å². The van der Waals surface area contributed by atoms with Gasteiger partial charge in [-0.25, -0.2) is 0 Å². The molecular weight excluding hydrogens is 222 g/mol. The fraction of sp³-hybridized carbons (Fsp3) is 0.917. The minimum absolute atomic E-state index is 0.192. The lowest BCUT2D eigenvalue weighted by molar-refractivity contribution is -0.137. The Labute approximate surface area is 102 Å². The van der Waals surface area contributed by atoms with Crippen LogP contribution in [0.5, 0.6) is 0 Å². The highest BCUT2D eigenvalue weighted by Gasteiger charge is 2.41. The first-order valence-corrected chi connectivity index (χ1v) is 7.13. The maximum Gasteiger partial charge on any atom is 0.238 e. The molecule has 3 nitrogen and oxygen atoms in total. The van der Waals surface area contributed by atoms with E-state index in [4.69, 9.17) is 0 Å². The van der Waals surface area contributed by atoms with E-state index in [1.54, 1.807) is 11.8 Å². The fourth-order valence-corrected chi connectivity index (χ4v) is 3.88. The van der Waals surface area contributed by atoms with Crippen LogP contribution in [0, 0.1) is 5.92 Å². The molecule has 3 atom stereocenters. The summed E-state index contributed by atoms with van der Waals surface area (Å²) in [5, 5.41) is 9.66. The van der Waals surface area contributed by atoms with Crippen molar-refractivity contribution in [2.24, 2.45) is 5.92 Å². The van der Waals surface area contributed by atoms with Crippen molar-refractivity contribution in [2.45, 2.75) is 44.0 Å². The summed E-state index contributed by atoms with van der Waals surface area (Å²) in [5.74, 6) is 1.61. The van der Waals surface area contributed by atoms with E-state index in [2.05, 4.69) is 6.92 Å². The second-order valence-electron chi connectivity index (χ2n) is 5.27. The van der Waals surface area contributed by atoms with Crippen molar-refractivity contribution in [2.75, 3.05) is 18.8 Å². The molecule has 2 saturated heterocycles. The van der Waals surface area contributed by atoms with Gasteiger partial charge in [-0.2, -0.15) is 0 Å². The third kappa shape index (κ3) is 2.23.